The maximum Gasteiger partial charge on any atom is 0.251 e. The SMILES string of the molecule is CC.CCC(CC)N1c2nc(Nc3ccc(C(=O)NCC(C)(C)C(C)(C)COC4CCNCC4)cc3OC)ncc2N(C)C(=O)C1CC. The Morgan fingerprint density at radius 2 is 1.75 bits per heavy atom. The average Bonchev–Trinajstić information content (AvgIpc) is 3.10. The zero-order valence-electron chi connectivity index (χ0n) is 31.3. The minimum absolute atomic E-state index is 0.0549. The van der Waals surface area contributed by atoms with Gasteiger partial charge in [0.2, 0.25) is 11.9 Å². The first-order valence-electron chi connectivity index (χ1n) is 17.9. The Kier molecular flexibility index (Phi) is 14.0. The van der Waals surface area contributed by atoms with Crippen LogP contribution in [0.1, 0.15) is 105 Å². The fraction of sp³-hybridized carbons (Fsp3) is 0.676. The molecular weight excluding hydrogens is 606 g/mol. The molecule has 1 aromatic heterocycles. The fourth-order valence-corrected chi connectivity index (χ4v) is 6.13. The van der Waals surface area contributed by atoms with Gasteiger partial charge in [0.05, 0.1) is 31.7 Å². The second-order valence-corrected chi connectivity index (χ2v) is 13.9. The summed E-state index contributed by atoms with van der Waals surface area (Å²) in [4.78, 5) is 39.8. The zero-order chi connectivity index (χ0) is 35.6. The molecule has 1 atom stereocenters. The number of carbonyl (C=O) groups excluding carboxylic acids is 2. The summed E-state index contributed by atoms with van der Waals surface area (Å²) < 4.78 is 12.0. The lowest BCUT2D eigenvalue weighted by Gasteiger charge is -2.44. The average molecular weight is 668 g/mol. The highest BCUT2D eigenvalue weighted by Gasteiger charge is 2.40. The van der Waals surface area contributed by atoms with Crippen LogP contribution in [0.4, 0.5) is 23.1 Å². The van der Waals surface area contributed by atoms with Crippen molar-refractivity contribution in [2.75, 3.05) is 55.5 Å². The van der Waals surface area contributed by atoms with Crippen molar-refractivity contribution in [3.8, 4) is 5.75 Å². The van der Waals surface area contributed by atoms with E-state index in [4.69, 9.17) is 14.5 Å². The molecule has 1 unspecified atom stereocenters. The van der Waals surface area contributed by atoms with Gasteiger partial charge < -0.3 is 35.2 Å². The molecule has 2 amide bonds. The molecule has 2 aromatic rings. The van der Waals surface area contributed by atoms with Crippen LogP contribution >= 0.6 is 0 Å². The molecule has 0 radical (unpaired) electrons. The van der Waals surface area contributed by atoms with Gasteiger partial charge in [0, 0.05) is 25.2 Å². The van der Waals surface area contributed by atoms with Crippen LogP contribution in [0.3, 0.4) is 0 Å². The van der Waals surface area contributed by atoms with Crippen LogP contribution in [0, 0.1) is 10.8 Å². The van der Waals surface area contributed by atoms with Gasteiger partial charge in [-0.2, -0.15) is 4.98 Å². The van der Waals surface area contributed by atoms with Crippen molar-refractivity contribution in [2.45, 2.75) is 113 Å². The predicted octanol–water partition coefficient (Wildman–Crippen LogP) is 6.56. The Balaban J connectivity index is 0.00000307. The number of rotatable bonds is 14. The van der Waals surface area contributed by atoms with Crippen LogP contribution in [0.5, 0.6) is 5.75 Å². The number of aromatic nitrogens is 2. The largest absolute Gasteiger partial charge is 0.495 e. The second-order valence-electron chi connectivity index (χ2n) is 13.9. The molecule has 1 fully saturated rings. The van der Waals surface area contributed by atoms with Gasteiger partial charge in [-0.25, -0.2) is 4.98 Å². The molecule has 11 nitrogen and oxygen atoms in total. The summed E-state index contributed by atoms with van der Waals surface area (Å²) in [6.07, 6.45) is 6.53. The Morgan fingerprint density at radius 1 is 1.08 bits per heavy atom. The molecule has 2 aliphatic rings. The number of piperidine rings is 1. The summed E-state index contributed by atoms with van der Waals surface area (Å²) in [5.74, 6) is 1.51. The summed E-state index contributed by atoms with van der Waals surface area (Å²) in [5, 5.41) is 9.80. The lowest BCUT2D eigenvalue weighted by Crippen LogP contribution is -2.56. The van der Waals surface area contributed by atoms with E-state index in [-0.39, 0.29) is 34.7 Å². The maximum atomic E-state index is 13.3. The van der Waals surface area contributed by atoms with Crippen LogP contribution in [-0.2, 0) is 9.53 Å². The highest BCUT2D eigenvalue weighted by molar-refractivity contribution is 6.04. The van der Waals surface area contributed by atoms with Crippen LogP contribution in [0.15, 0.2) is 24.4 Å². The lowest BCUT2D eigenvalue weighted by molar-refractivity contribution is -0.120. The molecule has 1 saturated heterocycles. The number of nitrogens with zero attached hydrogens (tertiary/aromatic N) is 4. The standard InChI is InChI=1S/C35H55N7O4.C2H6/c1-10-24(11-2)42-27(12-3)32(44)41(8)28-20-37-33(40-30(28)42)39-26-14-13-23(19-29(26)45-9)31(43)38-21-34(4,5)35(6,7)22-46-25-15-17-36-18-16-25;1-2/h13-14,19-20,24-25,27,36H,10-12,15-18,21-22H2,1-9H3,(H,38,43)(H,37,39,40);1-2H3. The summed E-state index contributed by atoms with van der Waals surface area (Å²) in [5.41, 5.74) is 1.48. The number of carbonyl (C=O) groups is 2. The van der Waals surface area contributed by atoms with E-state index in [9.17, 15) is 9.59 Å². The van der Waals surface area contributed by atoms with Gasteiger partial charge in [-0.3, -0.25) is 9.59 Å². The number of nitrogens with one attached hydrogen (secondary N) is 3. The Morgan fingerprint density at radius 3 is 2.35 bits per heavy atom. The number of hydrogen-bond acceptors (Lipinski definition) is 9. The molecule has 48 heavy (non-hydrogen) atoms. The quantitative estimate of drug-likeness (QED) is 0.206. The summed E-state index contributed by atoms with van der Waals surface area (Å²) >= 11 is 0. The first kappa shape index (κ1) is 39.0. The van der Waals surface area contributed by atoms with Gasteiger partial charge in [-0.15, -0.1) is 0 Å². The maximum absolute atomic E-state index is 13.3. The third-order valence-electron chi connectivity index (χ3n) is 10.2. The number of amides is 2. The van der Waals surface area contributed by atoms with Gasteiger partial charge in [0.25, 0.3) is 5.91 Å². The van der Waals surface area contributed by atoms with E-state index >= 15 is 0 Å². The van der Waals surface area contributed by atoms with Gasteiger partial charge in [-0.05, 0) is 74.2 Å². The van der Waals surface area contributed by atoms with Gasteiger partial charge >= 0.3 is 0 Å². The molecule has 268 valence electrons. The van der Waals surface area contributed by atoms with E-state index in [2.05, 4.69) is 67.4 Å². The van der Waals surface area contributed by atoms with Crippen molar-refractivity contribution in [3.05, 3.63) is 30.0 Å². The number of ether oxygens (including phenoxy) is 2. The summed E-state index contributed by atoms with van der Waals surface area (Å²) in [7, 11) is 3.35. The van der Waals surface area contributed by atoms with Crippen molar-refractivity contribution >= 4 is 35.0 Å². The van der Waals surface area contributed by atoms with E-state index < -0.39 is 0 Å². The molecule has 4 rings (SSSR count). The number of fused-ring (bicyclic) bond motifs is 1. The first-order chi connectivity index (χ1) is 22.9. The van der Waals surface area contributed by atoms with Crippen LogP contribution in [0.25, 0.3) is 0 Å². The first-order valence-corrected chi connectivity index (χ1v) is 17.9. The van der Waals surface area contributed by atoms with Gasteiger partial charge in [0.15, 0.2) is 5.82 Å². The lowest BCUT2D eigenvalue weighted by atomic mass is 9.68. The van der Waals surface area contributed by atoms with E-state index in [1.54, 1.807) is 37.4 Å². The number of benzene rings is 1. The minimum atomic E-state index is -0.282. The highest BCUT2D eigenvalue weighted by Crippen LogP contribution is 2.40. The van der Waals surface area contributed by atoms with Gasteiger partial charge in [-0.1, -0.05) is 62.3 Å². The normalized spacial score (nSPS) is 17.1. The smallest absolute Gasteiger partial charge is 0.251 e. The topological polar surface area (TPSA) is 121 Å². The molecule has 0 saturated carbocycles. The molecule has 2 aliphatic heterocycles. The van der Waals surface area contributed by atoms with E-state index in [1.807, 2.05) is 26.8 Å². The monoisotopic (exact) mass is 667 g/mol. The van der Waals surface area contributed by atoms with Crippen LogP contribution in [-0.4, -0.2) is 80.4 Å². The minimum Gasteiger partial charge on any atom is -0.495 e. The zero-order valence-corrected chi connectivity index (χ0v) is 31.3. The molecule has 3 N–H and O–H groups in total. The third-order valence-corrected chi connectivity index (χ3v) is 10.2. The Hall–Kier alpha value is -3.44. The van der Waals surface area contributed by atoms with Crippen molar-refractivity contribution in [1.82, 2.24) is 20.6 Å². The third kappa shape index (κ3) is 8.77. The fourth-order valence-electron chi connectivity index (χ4n) is 6.13. The molecule has 11 heteroatoms. The Bertz CT molecular complexity index is 1360. The van der Waals surface area contributed by atoms with Crippen molar-refractivity contribution in [2.24, 2.45) is 10.8 Å². The predicted molar refractivity (Wildman–Crippen MR) is 196 cm³/mol. The van der Waals surface area contributed by atoms with Crippen LogP contribution < -0.4 is 30.5 Å². The number of methoxy groups -OCH3 is 1. The molecule has 0 aliphatic carbocycles. The second kappa shape index (κ2) is 17.3. The molecule has 3 heterocycles. The van der Waals surface area contributed by atoms with E-state index in [0.29, 0.717) is 54.3 Å². The number of anilines is 4. The van der Waals surface area contributed by atoms with E-state index in [0.717, 1.165) is 44.6 Å². The van der Waals surface area contributed by atoms with Crippen molar-refractivity contribution in [3.63, 3.8) is 0 Å². The Labute approximate surface area is 288 Å². The highest BCUT2D eigenvalue weighted by atomic mass is 16.5. The van der Waals surface area contributed by atoms with Crippen molar-refractivity contribution < 1.29 is 19.1 Å². The van der Waals surface area contributed by atoms with Gasteiger partial charge in [0.1, 0.15) is 17.5 Å². The molecule has 0 bridgehead atoms. The molecule has 0 spiro atoms. The number of hydrogen-bond donors (Lipinski definition) is 3. The number of likely N-dealkylation sites (N-methyl/N-ethyl adjacent to an activating group) is 1. The summed E-state index contributed by atoms with van der Waals surface area (Å²) in [6.45, 7) is 22.2. The van der Waals surface area contributed by atoms with Crippen LogP contribution in [0.2, 0.25) is 0 Å². The van der Waals surface area contributed by atoms with E-state index in [1.165, 1.54) is 0 Å². The molecular formula is C37H61N7O4. The van der Waals surface area contributed by atoms with Crippen molar-refractivity contribution in [1.29, 1.82) is 0 Å². The summed E-state index contributed by atoms with van der Waals surface area (Å²) in [6, 6.07) is 5.20. The molecule has 1 aromatic carbocycles.